The molecule has 1 aromatic carbocycles. The van der Waals surface area contributed by atoms with Crippen LogP contribution in [0.2, 0.25) is 0 Å². The van der Waals surface area contributed by atoms with Gasteiger partial charge in [0.2, 0.25) is 0 Å². The van der Waals surface area contributed by atoms with Crippen LogP contribution >= 0.6 is 0 Å². The fourth-order valence-corrected chi connectivity index (χ4v) is 1.78. The molecule has 5 nitrogen and oxygen atoms in total. The Labute approximate surface area is 136 Å². The van der Waals surface area contributed by atoms with Gasteiger partial charge in [-0.15, -0.1) is 0 Å². The molecule has 0 unspecified atom stereocenters. The highest BCUT2D eigenvalue weighted by molar-refractivity contribution is 5.98. The standard InChI is InChI=1S/C18H21NO4/c1-4-10-22-17-14(8-7-9-16(17)21-6-3)12-15(13-19)18(20)23-11-5-2/h5,7-9,12H,2,4,6,10-11H2,1,3H3/b15-12-. The first-order chi connectivity index (χ1) is 11.2. The number of hydrogen-bond acceptors (Lipinski definition) is 5. The number of ether oxygens (including phenoxy) is 3. The van der Waals surface area contributed by atoms with Crippen molar-refractivity contribution < 1.29 is 19.0 Å². The van der Waals surface area contributed by atoms with Crippen molar-refractivity contribution in [3.63, 3.8) is 0 Å². The third-order valence-corrected chi connectivity index (χ3v) is 2.73. The van der Waals surface area contributed by atoms with Gasteiger partial charge in [-0.3, -0.25) is 0 Å². The molecule has 0 aromatic heterocycles. The van der Waals surface area contributed by atoms with Crippen LogP contribution in [0.4, 0.5) is 0 Å². The summed E-state index contributed by atoms with van der Waals surface area (Å²) in [5.41, 5.74) is 0.485. The fourth-order valence-electron chi connectivity index (χ4n) is 1.78. The minimum absolute atomic E-state index is 0.0516. The second kappa shape index (κ2) is 10.1. The highest BCUT2D eigenvalue weighted by Crippen LogP contribution is 2.33. The first-order valence-corrected chi connectivity index (χ1v) is 7.46. The summed E-state index contributed by atoms with van der Waals surface area (Å²) < 4.78 is 16.2. The summed E-state index contributed by atoms with van der Waals surface area (Å²) in [6.07, 6.45) is 3.72. The average molecular weight is 315 g/mol. The van der Waals surface area contributed by atoms with E-state index in [0.717, 1.165) is 6.42 Å². The summed E-state index contributed by atoms with van der Waals surface area (Å²) in [7, 11) is 0. The van der Waals surface area contributed by atoms with Crippen molar-refractivity contribution in [2.24, 2.45) is 0 Å². The van der Waals surface area contributed by atoms with Gasteiger partial charge in [0.05, 0.1) is 13.2 Å². The normalized spacial score (nSPS) is 10.6. The molecule has 0 saturated carbocycles. The summed E-state index contributed by atoms with van der Waals surface area (Å²) >= 11 is 0. The Morgan fingerprint density at radius 2 is 2.13 bits per heavy atom. The first-order valence-electron chi connectivity index (χ1n) is 7.46. The number of nitrogens with zero attached hydrogens (tertiary/aromatic N) is 1. The molecule has 0 N–H and O–H groups in total. The molecule has 1 aromatic rings. The monoisotopic (exact) mass is 315 g/mol. The van der Waals surface area contributed by atoms with E-state index < -0.39 is 5.97 Å². The fraction of sp³-hybridized carbons (Fsp3) is 0.333. The van der Waals surface area contributed by atoms with Crippen LogP contribution in [0.5, 0.6) is 11.5 Å². The summed E-state index contributed by atoms with van der Waals surface area (Å²) in [4.78, 5) is 11.8. The van der Waals surface area contributed by atoms with E-state index in [1.54, 1.807) is 18.2 Å². The number of hydrogen-bond donors (Lipinski definition) is 0. The summed E-state index contributed by atoms with van der Waals surface area (Å²) in [6, 6.07) is 7.17. The van der Waals surface area contributed by atoms with E-state index in [4.69, 9.17) is 14.2 Å². The molecule has 0 aliphatic carbocycles. The third kappa shape index (κ3) is 5.51. The van der Waals surface area contributed by atoms with Gasteiger partial charge < -0.3 is 14.2 Å². The van der Waals surface area contributed by atoms with E-state index >= 15 is 0 Å². The van der Waals surface area contributed by atoms with E-state index in [0.29, 0.717) is 30.3 Å². The zero-order valence-electron chi connectivity index (χ0n) is 13.5. The number of para-hydroxylation sites is 1. The number of carbonyl (C=O) groups is 1. The molecule has 5 heteroatoms. The minimum Gasteiger partial charge on any atom is -0.490 e. The molecule has 0 aliphatic rings. The van der Waals surface area contributed by atoms with Gasteiger partial charge in [-0.25, -0.2) is 4.79 Å². The molecule has 0 radical (unpaired) electrons. The predicted molar refractivity (Wildman–Crippen MR) is 88.1 cm³/mol. The Balaban J connectivity index is 3.20. The van der Waals surface area contributed by atoms with Crippen molar-refractivity contribution in [3.05, 3.63) is 42.0 Å². The smallest absolute Gasteiger partial charge is 0.349 e. The van der Waals surface area contributed by atoms with Crippen LogP contribution in [0.1, 0.15) is 25.8 Å². The maximum absolute atomic E-state index is 11.8. The largest absolute Gasteiger partial charge is 0.490 e. The number of benzene rings is 1. The predicted octanol–water partition coefficient (Wildman–Crippen LogP) is 3.51. The number of rotatable bonds is 9. The van der Waals surface area contributed by atoms with Crippen molar-refractivity contribution in [3.8, 4) is 17.6 Å². The molecule has 0 atom stereocenters. The van der Waals surface area contributed by atoms with Crippen molar-refractivity contribution in [2.75, 3.05) is 19.8 Å². The van der Waals surface area contributed by atoms with E-state index in [2.05, 4.69) is 6.58 Å². The first kappa shape index (κ1) is 18.3. The second-order valence-electron chi connectivity index (χ2n) is 4.51. The second-order valence-corrected chi connectivity index (χ2v) is 4.51. The van der Waals surface area contributed by atoms with Crippen molar-refractivity contribution >= 4 is 12.0 Å². The van der Waals surface area contributed by atoms with E-state index in [1.807, 2.05) is 19.9 Å². The highest BCUT2D eigenvalue weighted by Gasteiger charge is 2.14. The lowest BCUT2D eigenvalue weighted by Crippen LogP contribution is -2.07. The quantitative estimate of drug-likeness (QED) is 0.302. The molecule has 122 valence electrons. The van der Waals surface area contributed by atoms with Crippen LogP contribution in [0.3, 0.4) is 0 Å². The minimum atomic E-state index is -0.698. The van der Waals surface area contributed by atoms with E-state index in [1.165, 1.54) is 12.2 Å². The zero-order valence-corrected chi connectivity index (χ0v) is 13.5. The van der Waals surface area contributed by atoms with Crippen LogP contribution in [0, 0.1) is 11.3 Å². The molecule has 0 amide bonds. The van der Waals surface area contributed by atoms with Gasteiger partial charge in [0.25, 0.3) is 0 Å². The molecule has 23 heavy (non-hydrogen) atoms. The number of nitriles is 1. The van der Waals surface area contributed by atoms with Gasteiger partial charge in [-0.1, -0.05) is 31.7 Å². The molecule has 0 bridgehead atoms. The van der Waals surface area contributed by atoms with Crippen LogP contribution in [-0.2, 0) is 9.53 Å². The highest BCUT2D eigenvalue weighted by atomic mass is 16.5. The van der Waals surface area contributed by atoms with Crippen LogP contribution in [0.25, 0.3) is 6.08 Å². The SMILES string of the molecule is C=CCOC(=O)/C(C#N)=C\c1cccc(OCC)c1OCCC. The lowest BCUT2D eigenvalue weighted by atomic mass is 10.1. The van der Waals surface area contributed by atoms with Gasteiger partial charge in [-0.2, -0.15) is 5.26 Å². The summed E-state index contributed by atoms with van der Waals surface area (Å²) in [6.45, 7) is 8.38. The average Bonchev–Trinajstić information content (AvgIpc) is 2.57. The number of esters is 1. The topological polar surface area (TPSA) is 68.6 Å². The lowest BCUT2D eigenvalue weighted by Gasteiger charge is -2.14. The Kier molecular flexibility index (Phi) is 8.01. The maximum Gasteiger partial charge on any atom is 0.349 e. The van der Waals surface area contributed by atoms with Crippen LogP contribution in [-0.4, -0.2) is 25.8 Å². The maximum atomic E-state index is 11.8. The third-order valence-electron chi connectivity index (χ3n) is 2.73. The van der Waals surface area contributed by atoms with Gasteiger partial charge in [0, 0.05) is 5.56 Å². The molecule has 0 aliphatic heterocycles. The Morgan fingerprint density at radius 3 is 2.74 bits per heavy atom. The van der Waals surface area contributed by atoms with Gasteiger partial charge >= 0.3 is 5.97 Å². The molecule has 1 rings (SSSR count). The number of carbonyl (C=O) groups excluding carboxylic acids is 1. The van der Waals surface area contributed by atoms with Crippen molar-refractivity contribution in [1.29, 1.82) is 5.26 Å². The Bertz CT molecular complexity index is 614. The molecule has 0 spiro atoms. The van der Waals surface area contributed by atoms with E-state index in [-0.39, 0.29) is 12.2 Å². The molecular weight excluding hydrogens is 294 g/mol. The van der Waals surface area contributed by atoms with Gasteiger partial charge in [0.15, 0.2) is 11.5 Å². The zero-order chi connectivity index (χ0) is 17.1. The molecule has 0 heterocycles. The van der Waals surface area contributed by atoms with Crippen molar-refractivity contribution in [2.45, 2.75) is 20.3 Å². The summed E-state index contributed by atoms with van der Waals surface area (Å²) in [5.74, 6) is 0.391. The van der Waals surface area contributed by atoms with E-state index in [9.17, 15) is 10.1 Å². The Morgan fingerprint density at radius 1 is 1.35 bits per heavy atom. The van der Waals surface area contributed by atoms with Gasteiger partial charge in [0.1, 0.15) is 18.2 Å². The van der Waals surface area contributed by atoms with Crippen LogP contribution in [0.15, 0.2) is 36.4 Å². The lowest BCUT2D eigenvalue weighted by molar-refractivity contribution is -0.137. The van der Waals surface area contributed by atoms with Crippen molar-refractivity contribution in [1.82, 2.24) is 0 Å². The van der Waals surface area contributed by atoms with Crippen LogP contribution < -0.4 is 9.47 Å². The summed E-state index contributed by atoms with van der Waals surface area (Å²) in [5, 5.41) is 9.18. The Hall–Kier alpha value is -2.74. The molecule has 0 fully saturated rings. The van der Waals surface area contributed by atoms with Gasteiger partial charge in [-0.05, 0) is 25.5 Å². The molecular formula is C18H21NO4. The molecule has 0 saturated heterocycles.